The summed E-state index contributed by atoms with van der Waals surface area (Å²) in [7, 11) is 0. The van der Waals surface area contributed by atoms with Crippen molar-refractivity contribution in [3.8, 4) is 5.75 Å². The van der Waals surface area contributed by atoms with Crippen LogP contribution in [-0.4, -0.2) is 11.7 Å². The Hall–Kier alpha value is -1.84. The summed E-state index contributed by atoms with van der Waals surface area (Å²) >= 11 is 11.3. The number of rotatable bonds is 1. The summed E-state index contributed by atoms with van der Waals surface area (Å²) in [5, 5.41) is 1.12. The van der Waals surface area contributed by atoms with E-state index in [2.05, 4.69) is 25.1 Å². The Morgan fingerprint density at radius 2 is 1.86 bits per heavy atom. The number of para-hydroxylation sites is 1. The van der Waals surface area contributed by atoms with E-state index >= 15 is 0 Å². The van der Waals surface area contributed by atoms with Crippen molar-refractivity contribution in [3.05, 3.63) is 64.7 Å². The van der Waals surface area contributed by atoms with Gasteiger partial charge >= 0.3 is 0 Å². The van der Waals surface area contributed by atoms with Crippen LogP contribution in [-0.2, 0) is 0 Å². The van der Waals surface area contributed by atoms with Gasteiger partial charge < -0.3 is 4.74 Å². The molecule has 0 spiro atoms. The Morgan fingerprint density at radius 3 is 2.62 bits per heavy atom. The van der Waals surface area contributed by atoms with Crippen molar-refractivity contribution in [2.45, 2.75) is 6.92 Å². The number of hydrogen-bond acceptors (Lipinski definition) is 2. The second-order valence-corrected chi connectivity index (χ2v) is 5.74. The van der Waals surface area contributed by atoms with Gasteiger partial charge in [0.05, 0.1) is 5.69 Å². The van der Waals surface area contributed by atoms with Gasteiger partial charge in [0.25, 0.3) is 5.17 Å². The van der Waals surface area contributed by atoms with E-state index < -0.39 is 0 Å². The molecule has 1 heterocycles. The first-order valence-corrected chi connectivity index (χ1v) is 7.43. The first-order chi connectivity index (χ1) is 10.1. The Morgan fingerprint density at radius 1 is 1.14 bits per heavy atom. The van der Waals surface area contributed by atoms with Crippen LogP contribution < -0.4 is 9.64 Å². The SMILES string of the molecule is CC1=Cc2ccccc2N(C(=S)Oc2ccc(Cl)cc2)C1. The third-order valence-electron chi connectivity index (χ3n) is 3.28. The average molecular weight is 316 g/mol. The van der Waals surface area contributed by atoms with Gasteiger partial charge in [-0.25, -0.2) is 0 Å². The fourth-order valence-corrected chi connectivity index (χ4v) is 2.71. The minimum Gasteiger partial charge on any atom is -0.432 e. The molecule has 0 radical (unpaired) electrons. The molecule has 106 valence electrons. The van der Waals surface area contributed by atoms with E-state index in [1.165, 1.54) is 5.57 Å². The third kappa shape index (κ3) is 3.09. The summed E-state index contributed by atoms with van der Waals surface area (Å²) < 4.78 is 5.79. The summed E-state index contributed by atoms with van der Waals surface area (Å²) in [6, 6.07) is 15.4. The number of halogens is 1. The molecule has 0 aromatic heterocycles. The monoisotopic (exact) mass is 315 g/mol. The van der Waals surface area contributed by atoms with Crippen LogP contribution in [0.1, 0.15) is 12.5 Å². The molecular weight excluding hydrogens is 302 g/mol. The molecule has 0 unspecified atom stereocenters. The molecule has 0 saturated carbocycles. The van der Waals surface area contributed by atoms with Gasteiger partial charge in [-0.3, -0.25) is 4.90 Å². The molecule has 0 saturated heterocycles. The molecule has 1 aliphatic heterocycles. The first-order valence-electron chi connectivity index (χ1n) is 6.64. The highest BCUT2D eigenvalue weighted by molar-refractivity contribution is 7.80. The second-order valence-electron chi connectivity index (χ2n) is 4.96. The van der Waals surface area contributed by atoms with Crippen LogP contribution in [0.15, 0.2) is 54.1 Å². The number of ether oxygens (including phenoxy) is 1. The lowest BCUT2D eigenvalue weighted by atomic mass is 10.0. The van der Waals surface area contributed by atoms with Crippen LogP contribution in [0.5, 0.6) is 5.75 Å². The minimum atomic E-state index is 0.442. The number of nitrogens with zero attached hydrogens (tertiary/aromatic N) is 1. The smallest absolute Gasteiger partial charge is 0.269 e. The van der Waals surface area contributed by atoms with Gasteiger partial charge in [-0.2, -0.15) is 0 Å². The van der Waals surface area contributed by atoms with Crippen LogP contribution in [0.2, 0.25) is 5.02 Å². The van der Waals surface area contributed by atoms with Crippen LogP contribution in [0.3, 0.4) is 0 Å². The Labute approximate surface area is 134 Å². The normalized spacial score (nSPS) is 13.4. The number of benzene rings is 2. The Balaban J connectivity index is 1.85. The fraction of sp³-hybridized carbons (Fsp3) is 0.118. The molecule has 4 heteroatoms. The Bertz CT molecular complexity index is 709. The molecular formula is C17H14ClNOS. The van der Waals surface area contributed by atoms with Crippen molar-refractivity contribution in [2.24, 2.45) is 0 Å². The summed E-state index contributed by atoms with van der Waals surface area (Å²) in [5.41, 5.74) is 3.47. The molecule has 2 aromatic carbocycles. The van der Waals surface area contributed by atoms with Crippen molar-refractivity contribution in [1.29, 1.82) is 0 Å². The zero-order valence-electron chi connectivity index (χ0n) is 11.5. The van der Waals surface area contributed by atoms with Gasteiger partial charge in [0, 0.05) is 11.6 Å². The Kier molecular flexibility index (Phi) is 3.95. The lowest BCUT2D eigenvalue weighted by Gasteiger charge is -2.29. The minimum absolute atomic E-state index is 0.442. The predicted octanol–water partition coefficient (Wildman–Crippen LogP) is 4.93. The molecule has 0 amide bonds. The average Bonchev–Trinajstić information content (AvgIpc) is 2.48. The summed E-state index contributed by atoms with van der Waals surface area (Å²) in [5.74, 6) is 0.689. The maximum atomic E-state index is 5.88. The summed E-state index contributed by atoms with van der Waals surface area (Å²) in [4.78, 5) is 2.01. The number of anilines is 1. The van der Waals surface area contributed by atoms with Crippen molar-refractivity contribution in [1.82, 2.24) is 0 Å². The second kappa shape index (κ2) is 5.88. The number of thiocarbonyl (C=S) groups is 1. The van der Waals surface area contributed by atoms with Gasteiger partial charge in [-0.15, -0.1) is 0 Å². The highest BCUT2D eigenvalue weighted by atomic mass is 35.5. The molecule has 3 rings (SSSR count). The van der Waals surface area contributed by atoms with Crippen LogP contribution in [0.25, 0.3) is 6.08 Å². The molecule has 0 fully saturated rings. The largest absolute Gasteiger partial charge is 0.432 e. The predicted molar refractivity (Wildman–Crippen MR) is 92.1 cm³/mol. The van der Waals surface area contributed by atoms with Gasteiger partial charge in [-0.1, -0.05) is 41.4 Å². The van der Waals surface area contributed by atoms with E-state index in [1.807, 2.05) is 29.2 Å². The molecule has 0 atom stereocenters. The molecule has 1 aliphatic rings. The van der Waals surface area contributed by atoms with Crippen molar-refractivity contribution in [2.75, 3.05) is 11.4 Å². The third-order valence-corrected chi connectivity index (χ3v) is 3.83. The highest BCUT2D eigenvalue weighted by Gasteiger charge is 2.20. The first kappa shape index (κ1) is 14.1. The topological polar surface area (TPSA) is 12.5 Å². The molecule has 2 nitrogen and oxygen atoms in total. The van der Waals surface area contributed by atoms with Crippen LogP contribution in [0.4, 0.5) is 5.69 Å². The van der Waals surface area contributed by atoms with E-state index in [0.29, 0.717) is 15.9 Å². The molecule has 0 N–H and O–H groups in total. The van der Waals surface area contributed by atoms with E-state index in [1.54, 1.807) is 12.1 Å². The van der Waals surface area contributed by atoms with Crippen molar-refractivity contribution in [3.63, 3.8) is 0 Å². The van der Waals surface area contributed by atoms with E-state index in [9.17, 15) is 0 Å². The van der Waals surface area contributed by atoms with E-state index in [4.69, 9.17) is 28.6 Å². The maximum absolute atomic E-state index is 5.88. The van der Waals surface area contributed by atoms with Gasteiger partial charge in [0.15, 0.2) is 0 Å². The van der Waals surface area contributed by atoms with E-state index in [0.717, 1.165) is 17.8 Å². The fourth-order valence-electron chi connectivity index (χ4n) is 2.32. The lowest BCUT2D eigenvalue weighted by molar-refractivity contribution is 0.548. The zero-order valence-corrected chi connectivity index (χ0v) is 13.1. The molecule has 21 heavy (non-hydrogen) atoms. The number of fused-ring (bicyclic) bond motifs is 1. The highest BCUT2D eigenvalue weighted by Crippen LogP contribution is 2.29. The van der Waals surface area contributed by atoms with Gasteiger partial charge in [0.2, 0.25) is 0 Å². The lowest BCUT2D eigenvalue weighted by Crippen LogP contribution is -2.36. The van der Waals surface area contributed by atoms with Crippen LogP contribution in [0, 0.1) is 0 Å². The summed E-state index contributed by atoms with van der Waals surface area (Å²) in [6.45, 7) is 2.83. The van der Waals surface area contributed by atoms with Crippen LogP contribution >= 0.6 is 23.8 Å². The van der Waals surface area contributed by atoms with E-state index in [-0.39, 0.29) is 0 Å². The standard InChI is InChI=1S/C17H14ClNOS/c1-12-10-13-4-2-3-5-16(13)19(11-12)17(21)20-15-8-6-14(18)7-9-15/h2-10H,11H2,1H3. The van der Waals surface area contributed by atoms with Gasteiger partial charge in [0.1, 0.15) is 5.75 Å². The van der Waals surface area contributed by atoms with Crippen molar-refractivity contribution >= 4 is 40.8 Å². The molecule has 0 bridgehead atoms. The van der Waals surface area contributed by atoms with Crippen molar-refractivity contribution < 1.29 is 4.74 Å². The molecule has 0 aliphatic carbocycles. The maximum Gasteiger partial charge on any atom is 0.269 e. The van der Waals surface area contributed by atoms with Gasteiger partial charge in [-0.05, 0) is 55.0 Å². The molecule has 2 aromatic rings. The quantitative estimate of drug-likeness (QED) is 0.693. The zero-order chi connectivity index (χ0) is 14.8. The summed E-state index contributed by atoms with van der Waals surface area (Å²) in [6.07, 6.45) is 2.18. The number of hydrogen-bond donors (Lipinski definition) is 0.